The second kappa shape index (κ2) is 5.09. The quantitative estimate of drug-likeness (QED) is 0.551. The van der Waals surface area contributed by atoms with Crippen LogP contribution in [0.4, 0.5) is 11.5 Å². The maximum absolute atomic E-state index is 11.8. The van der Waals surface area contributed by atoms with Crippen LogP contribution in [-0.2, 0) is 0 Å². The molecule has 4 N–H and O–H groups in total. The van der Waals surface area contributed by atoms with Crippen molar-refractivity contribution in [2.24, 2.45) is 5.84 Å². The van der Waals surface area contributed by atoms with Crippen molar-refractivity contribution < 1.29 is 4.79 Å². The zero-order valence-electron chi connectivity index (χ0n) is 9.05. The van der Waals surface area contributed by atoms with Crippen LogP contribution in [-0.4, -0.2) is 10.9 Å². The maximum Gasteiger partial charge on any atom is 0.256 e. The minimum atomic E-state index is -0.202. The van der Waals surface area contributed by atoms with Gasteiger partial charge in [0, 0.05) is 17.4 Å². The summed E-state index contributed by atoms with van der Waals surface area (Å²) in [5, 5.41) is 2.69. The molecule has 0 spiro atoms. The Labute approximate surface area is 98.6 Å². The van der Waals surface area contributed by atoms with Crippen LogP contribution in [0.25, 0.3) is 0 Å². The fourth-order valence-corrected chi connectivity index (χ4v) is 1.34. The molecule has 5 nitrogen and oxygen atoms in total. The van der Waals surface area contributed by atoms with Gasteiger partial charge in [0.25, 0.3) is 5.91 Å². The smallest absolute Gasteiger partial charge is 0.256 e. The Kier molecular flexibility index (Phi) is 3.32. The van der Waals surface area contributed by atoms with Gasteiger partial charge in [-0.1, -0.05) is 6.07 Å². The first-order chi connectivity index (χ1) is 8.29. The number of hydrogen-bond donors (Lipinski definition) is 3. The first-order valence-electron chi connectivity index (χ1n) is 5.08. The normalized spacial score (nSPS) is 9.71. The molecular weight excluding hydrogens is 216 g/mol. The molecule has 0 radical (unpaired) electrons. The van der Waals surface area contributed by atoms with Gasteiger partial charge in [0.1, 0.15) is 5.82 Å². The number of nitrogen functional groups attached to an aromatic ring is 1. The largest absolute Gasteiger partial charge is 0.324 e. The van der Waals surface area contributed by atoms with Gasteiger partial charge in [-0.05, 0) is 36.4 Å². The fraction of sp³-hybridized carbons (Fsp3) is 0. The zero-order valence-corrected chi connectivity index (χ0v) is 9.05. The van der Waals surface area contributed by atoms with E-state index >= 15 is 0 Å². The zero-order chi connectivity index (χ0) is 12.1. The number of hydrogen-bond acceptors (Lipinski definition) is 4. The Morgan fingerprint density at radius 2 is 1.88 bits per heavy atom. The first-order valence-corrected chi connectivity index (χ1v) is 5.08. The van der Waals surface area contributed by atoms with Gasteiger partial charge in [0.2, 0.25) is 0 Å². The molecule has 0 atom stereocenters. The van der Waals surface area contributed by atoms with Gasteiger partial charge in [0.15, 0.2) is 0 Å². The van der Waals surface area contributed by atoms with Crippen molar-refractivity contribution >= 4 is 17.4 Å². The molecule has 2 rings (SSSR count). The van der Waals surface area contributed by atoms with Crippen molar-refractivity contribution in [2.75, 3.05) is 10.7 Å². The summed E-state index contributed by atoms with van der Waals surface area (Å²) < 4.78 is 0. The van der Waals surface area contributed by atoms with Crippen molar-refractivity contribution in [3.8, 4) is 0 Å². The van der Waals surface area contributed by atoms with Gasteiger partial charge in [-0.15, -0.1) is 0 Å². The number of pyridine rings is 1. The number of rotatable bonds is 3. The van der Waals surface area contributed by atoms with Gasteiger partial charge >= 0.3 is 0 Å². The predicted molar refractivity (Wildman–Crippen MR) is 66.4 cm³/mol. The Balaban J connectivity index is 2.09. The molecule has 1 aromatic heterocycles. The Hall–Kier alpha value is -2.40. The second-order valence-corrected chi connectivity index (χ2v) is 3.39. The van der Waals surface area contributed by atoms with Gasteiger partial charge in [0.05, 0.1) is 0 Å². The predicted octanol–water partition coefficient (Wildman–Crippen LogP) is 1.62. The van der Waals surface area contributed by atoms with E-state index in [1.54, 1.807) is 42.6 Å². The summed E-state index contributed by atoms with van der Waals surface area (Å²) in [5.74, 6) is 5.56. The van der Waals surface area contributed by atoms with E-state index in [4.69, 9.17) is 5.84 Å². The molecule has 0 bridgehead atoms. The van der Waals surface area contributed by atoms with E-state index in [1.165, 1.54) is 0 Å². The molecule has 0 aliphatic carbocycles. The van der Waals surface area contributed by atoms with E-state index in [0.717, 1.165) is 5.69 Å². The third-order valence-electron chi connectivity index (χ3n) is 2.22. The highest BCUT2D eigenvalue weighted by Gasteiger charge is 2.05. The van der Waals surface area contributed by atoms with Gasteiger partial charge in [-0.2, -0.15) is 0 Å². The maximum atomic E-state index is 11.8. The monoisotopic (exact) mass is 228 g/mol. The van der Waals surface area contributed by atoms with Gasteiger partial charge < -0.3 is 10.7 Å². The van der Waals surface area contributed by atoms with Crippen LogP contribution < -0.4 is 16.6 Å². The molecule has 0 aliphatic heterocycles. The number of hydrazine groups is 1. The fourth-order valence-electron chi connectivity index (χ4n) is 1.34. The van der Waals surface area contributed by atoms with Crippen LogP contribution >= 0.6 is 0 Å². The lowest BCUT2D eigenvalue weighted by molar-refractivity contribution is 0.102. The highest BCUT2D eigenvalue weighted by molar-refractivity contribution is 6.03. The van der Waals surface area contributed by atoms with Crippen molar-refractivity contribution in [3.05, 3.63) is 54.2 Å². The van der Waals surface area contributed by atoms with E-state index in [1.807, 2.05) is 6.07 Å². The molecule has 0 saturated heterocycles. The molecule has 86 valence electrons. The molecule has 1 aromatic carbocycles. The number of nitrogens with one attached hydrogen (secondary N) is 2. The second-order valence-electron chi connectivity index (χ2n) is 3.39. The first kappa shape index (κ1) is 11.1. The van der Waals surface area contributed by atoms with E-state index in [9.17, 15) is 4.79 Å². The average molecular weight is 228 g/mol. The molecule has 17 heavy (non-hydrogen) atoms. The molecule has 1 heterocycles. The van der Waals surface area contributed by atoms with Crippen molar-refractivity contribution in [2.45, 2.75) is 0 Å². The average Bonchev–Trinajstić information content (AvgIpc) is 2.40. The van der Waals surface area contributed by atoms with Gasteiger partial charge in [-0.3, -0.25) is 10.6 Å². The summed E-state index contributed by atoms with van der Waals surface area (Å²) in [7, 11) is 0. The number of nitrogens with two attached hydrogens (primary N) is 1. The number of carbonyl (C=O) groups excluding carboxylic acids is 1. The number of nitrogens with zero attached hydrogens (tertiary/aromatic N) is 1. The Morgan fingerprint density at radius 3 is 2.47 bits per heavy atom. The SMILES string of the molecule is NNc1ccc(C(=O)Nc2ccccn2)cc1. The lowest BCUT2D eigenvalue weighted by atomic mass is 10.2. The van der Waals surface area contributed by atoms with Crippen LogP contribution in [0.3, 0.4) is 0 Å². The summed E-state index contributed by atoms with van der Waals surface area (Å²) in [5.41, 5.74) is 3.80. The van der Waals surface area contributed by atoms with Crippen LogP contribution in [0.2, 0.25) is 0 Å². The number of amides is 1. The van der Waals surface area contributed by atoms with Crippen LogP contribution in [0.1, 0.15) is 10.4 Å². The summed E-state index contributed by atoms with van der Waals surface area (Å²) in [6.45, 7) is 0. The number of benzene rings is 1. The minimum Gasteiger partial charge on any atom is -0.324 e. The number of carbonyl (C=O) groups is 1. The highest BCUT2D eigenvalue weighted by atomic mass is 16.1. The lowest BCUT2D eigenvalue weighted by Gasteiger charge is -2.05. The molecule has 2 aromatic rings. The molecule has 1 amide bonds. The Bertz CT molecular complexity index is 496. The summed E-state index contributed by atoms with van der Waals surface area (Å²) in [4.78, 5) is 15.8. The third kappa shape index (κ3) is 2.79. The number of aromatic nitrogens is 1. The molecule has 5 heteroatoms. The molecule has 0 fully saturated rings. The molecule has 0 saturated carbocycles. The standard InChI is InChI=1S/C12H12N4O/c13-16-10-6-4-9(5-7-10)12(17)15-11-3-1-2-8-14-11/h1-8,16H,13H2,(H,14,15,17). The topological polar surface area (TPSA) is 80.0 Å². The van der Waals surface area contributed by atoms with Crippen molar-refractivity contribution in [1.29, 1.82) is 0 Å². The summed E-state index contributed by atoms with van der Waals surface area (Å²) in [6.07, 6.45) is 1.62. The summed E-state index contributed by atoms with van der Waals surface area (Å²) >= 11 is 0. The molecular formula is C12H12N4O. The van der Waals surface area contributed by atoms with Crippen LogP contribution in [0.5, 0.6) is 0 Å². The van der Waals surface area contributed by atoms with Gasteiger partial charge in [-0.25, -0.2) is 4.98 Å². The highest BCUT2D eigenvalue weighted by Crippen LogP contribution is 2.10. The van der Waals surface area contributed by atoms with E-state index in [0.29, 0.717) is 11.4 Å². The third-order valence-corrected chi connectivity index (χ3v) is 2.22. The van der Waals surface area contributed by atoms with Crippen molar-refractivity contribution in [3.63, 3.8) is 0 Å². The van der Waals surface area contributed by atoms with E-state index < -0.39 is 0 Å². The minimum absolute atomic E-state index is 0.202. The Morgan fingerprint density at radius 1 is 1.12 bits per heavy atom. The lowest BCUT2D eigenvalue weighted by Crippen LogP contribution is -2.13. The molecule has 0 aliphatic rings. The molecule has 0 unspecified atom stereocenters. The summed E-state index contributed by atoms with van der Waals surface area (Å²) in [6, 6.07) is 12.2. The van der Waals surface area contributed by atoms with Crippen LogP contribution in [0, 0.1) is 0 Å². The van der Waals surface area contributed by atoms with E-state index in [-0.39, 0.29) is 5.91 Å². The van der Waals surface area contributed by atoms with Crippen molar-refractivity contribution in [1.82, 2.24) is 4.98 Å². The van der Waals surface area contributed by atoms with E-state index in [2.05, 4.69) is 15.7 Å². The number of anilines is 2. The van der Waals surface area contributed by atoms with Crippen LogP contribution in [0.15, 0.2) is 48.7 Å².